The van der Waals surface area contributed by atoms with Gasteiger partial charge in [-0.3, -0.25) is 4.79 Å². The van der Waals surface area contributed by atoms with Crippen LogP contribution in [0.1, 0.15) is 5.56 Å². The third-order valence-corrected chi connectivity index (χ3v) is 5.71. The van der Waals surface area contributed by atoms with Crippen LogP contribution in [-0.2, 0) is 19.1 Å². The van der Waals surface area contributed by atoms with Crippen LogP contribution in [0.3, 0.4) is 0 Å². The lowest BCUT2D eigenvalue weighted by atomic mass is 10.1. The maximum atomic E-state index is 12.4. The standard InChI is InChI=1S/C33H26O7/c1-3-28(34)21-37-31-17-12-26-19-23(5-7-27(26)20-31)6-18-33(36)40-30-15-10-25(11-16-30)24-8-13-29(14-9-24)38-22-39-32(35)4-2/h3-20H,1-2,21-22H2/b18-6+. The maximum Gasteiger partial charge on any atom is 0.336 e. The van der Waals surface area contributed by atoms with Crippen LogP contribution in [0.2, 0.25) is 0 Å². The Balaban J connectivity index is 1.31. The molecule has 0 aliphatic carbocycles. The van der Waals surface area contributed by atoms with Gasteiger partial charge in [-0.1, -0.05) is 55.6 Å². The topological polar surface area (TPSA) is 88.1 Å². The zero-order chi connectivity index (χ0) is 28.3. The molecule has 40 heavy (non-hydrogen) atoms. The molecule has 4 aromatic carbocycles. The lowest BCUT2D eigenvalue weighted by molar-refractivity contribution is -0.144. The van der Waals surface area contributed by atoms with Crippen LogP contribution in [0.4, 0.5) is 0 Å². The highest BCUT2D eigenvalue weighted by Gasteiger charge is 2.05. The number of hydrogen-bond donors (Lipinski definition) is 0. The average molecular weight is 535 g/mol. The van der Waals surface area contributed by atoms with Crippen molar-refractivity contribution in [1.82, 2.24) is 0 Å². The largest absolute Gasteiger partial charge is 0.485 e. The second-order valence-electron chi connectivity index (χ2n) is 8.46. The van der Waals surface area contributed by atoms with Crippen molar-refractivity contribution in [3.63, 3.8) is 0 Å². The first kappa shape index (κ1) is 27.6. The number of hydrogen-bond acceptors (Lipinski definition) is 7. The summed E-state index contributed by atoms with van der Waals surface area (Å²) in [6.07, 6.45) is 5.36. The van der Waals surface area contributed by atoms with Gasteiger partial charge >= 0.3 is 11.9 Å². The summed E-state index contributed by atoms with van der Waals surface area (Å²) in [7, 11) is 0. The smallest absolute Gasteiger partial charge is 0.336 e. The molecule has 0 radical (unpaired) electrons. The SMILES string of the molecule is C=CC(=O)COc1ccc2cc(/C=C/C(=O)Oc3ccc(-c4ccc(OCOC(=O)C=C)cc4)cc3)ccc2c1. The van der Waals surface area contributed by atoms with Gasteiger partial charge in [-0.15, -0.1) is 0 Å². The molecule has 4 rings (SSSR count). The van der Waals surface area contributed by atoms with E-state index in [-0.39, 0.29) is 19.2 Å². The Morgan fingerprint density at radius 3 is 1.95 bits per heavy atom. The van der Waals surface area contributed by atoms with Crippen molar-refractivity contribution in [2.24, 2.45) is 0 Å². The molecular weight excluding hydrogens is 508 g/mol. The van der Waals surface area contributed by atoms with E-state index in [0.717, 1.165) is 33.5 Å². The summed E-state index contributed by atoms with van der Waals surface area (Å²) in [5.74, 6) is 0.330. The average Bonchev–Trinajstić information content (AvgIpc) is 2.99. The van der Waals surface area contributed by atoms with Crippen LogP contribution >= 0.6 is 0 Å². The van der Waals surface area contributed by atoms with Gasteiger partial charge in [0.25, 0.3) is 0 Å². The molecule has 0 unspecified atom stereocenters. The molecule has 0 fully saturated rings. The molecular formula is C33H26O7. The van der Waals surface area contributed by atoms with E-state index < -0.39 is 11.9 Å². The van der Waals surface area contributed by atoms with Gasteiger partial charge in [-0.25, -0.2) is 9.59 Å². The number of rotatable bonds is 12. The molecule has 0 bridgehead atoms. The Hall–Kier alpha value is -5.43. The van der Waals surface area contributed by atoms with Crippen LogP contribution in [-0.4, -0.2) is 31.1 Å². The number of fused-ring (bicyclic) bond motifs is 1. The number of esters is 2. The first-order valence-electron chi connectivity index (χ1n) is 12.3. The van der Waals surface area contributed by atoms with Crippen LogP contribution in [0, 0.1) is 0 Å². The summed E-state index contributed by atoms with van der Waals surface area (Å²) in [6, 6.07) is 25.7. The third kappa shape index (κ3) is 7.79. The van der Waals surface area contributed by atoms with Crippen molar-refractivity contribution in [2.45, 2.75) is 0 Å². The first-order chi connectivity index (χ1) is 19.4. The normalized spacial score (nSPS) is 10.6. The van der Waals surface area contributed by atoms with E-state index in [1.54, 1.807) is 36.4 Å². The minimum absolute atomic E-state index is 0.0544. The van der Waals surface area contributed by atoms with Crippen molar-refractivity contribution in [2.75, 3.05) is 13.4 Å². The second-order valence-corrected chi connectivity index (χ2v) is 8.46. The fourth-order valence-corrected chi connectivity index (χ4v) is 3.64. The summed E-state index contributed by atoms with van der Waals surface area (Å²) in [4.78, 5) is 34.8. The Morgan fingerprint density at radius 2 is 1.27 bits per heavy atom. The molecule has 0 atom stereocenters. The molecule has 7 nitrogen and oxygen atoms in total. The van der Waals surface area contributed by atoms with Crippen LogP contribution < -0.4 is 14.2 Å². The zero-order valence-electron chi connectivity index (χ0n) is 21.6. The predicted molar refractivity (Wildman–Crippen MR) is 153 cm³/mol. The molecule has 0 heterocycles. The minimum Gasteiger partial charge on any atom is -0.485 e. The molecule has 0 amide bonds. The fraction of sp³-hybridized carbons (Fsp3) is 0.0606. The maximum absolute atomic E-state index is 12.4. The Kier molecular flexibility index (Phi) is 9.24. The molecule has 0 spiro atoms. The van der Waals surface area contributed by atoms with Crippen molar-refractivity contribution < 1.29 is 33.3 Å². The van der Waals surface area contributed by atoms with Crippen molar-refractivity contribution in [1.29, 1.82) is 0 Å². The van der Waals surface area contributed by atoms with Gasteiger partial charge in [-0.05, 0) is 82.1 Å². The summed E-state index contributed by atoms with van der Waals surface area (Å²) in [5.41, 5.74) is 2.70. The summed E-state index contributed by atoms with van der Waals surface area (Å²) < 4.78 is 21.1. The van der Waals surface area contributed by atoms with Crippen molar-refractivity contribution in [3.8, 4) is 28.4 Å². The van der Waals surface area contributed by atoms with E-state index in [4.69, 9.17) is 18.9 Å². The second kappa shape index (κ2) is 13.4. The lowest BCUT2D eigenvalue weighted by Crippen LogP contribution is -2.07. The van der Waals surface area contributed by atoms with Gasteiger partial charge in [0.1, 0.15) is 17.2 Å². The summed E-state index contributed by atoms with van der Waals surface area (Å²) >= 11 is 0. The number of carbonyl (C=O) groups excluding carboxylic acids is 3. The zero-order valence-corrected chi connectivity index (χ0v) is 21.6. The predicted octanol–water partition coefficient (Wildman–Crippen LogP) is 6.33. The molecule has 0 aliphatic heterocycles. The minimum atomic E-state index is -0.553. The molecule has 200 valence electrons. The van der Waals surface area contributed by atoms with Crippen LogP contribution in [0.5, 0.6) is 17.2 Å². The Labute approximate surface area is 231 Å². The van der Waals surface area contributed by atoms with Crippen molar-refractivity contribution in [3.05, 3.63) is 122 Å². The van der Waals surface area contributed by atoms with Gasteiger partial charge in [0.15, 0.2) is 12.4 Å². The first-order valence-corrected chi connectivity index (χ1v) is 12.3. The Morgan fingerprint density at radius 1 is 0.650 bits per heavy atom. The fourth-order valence-electron chi connectivity index (χ4n) is 3.64. The molecule has 0 saturated carbocycles. The summed E-state index contributed by atoms with van der Waals surface area (Å²) in [5, 5.41) is 1.91. The van der Waals surface area contributed by atoms with Gasteiger partial charge in [0.05, 0.1) is 0 Å². The number of ether oxygens (including phenoxy) is 4. The van der Waals surface area contributed by atoms with E-state index >= 15 is 0 Å². The monoisotopic (exact) mass is 534 g/mol. The molecule has 7 heteroatoms. The third-order valence-electron chi connectivity index (χ3n) is 5.71. The van der Waals surface area contributed by atoms with Crippen molar-refractivity contribution >= 4 is 34.6 Å². The van der Waals surface area contributed by atoms with E-state index in [1.165, 1.54) is 12.2 Å². The van der Waals surface area contributed by atoms with Crippen LogP contribution in [0.15, 0.2) is 116 Å². The molecule has 0 saturated heterocycles. The van der Waals surface area contributed by atoms with E-state index in [9.17, 15) is 14.4 Å². The van der Waals surface area contributed by atoms with E-state index in [0.29, 0.717) is 17.2 Å². The quantitative estimate of drug-likeness (QED) is 0.0909. The highest BCUT2D eigenvalue weighted by atomic mass is 16.7. The molecule has 0 N–H and O–H groups in total. The molecule has 0 aromatic heterocycles. The van der Waals surface area contributed by atoms with E-state index in [2.05, 4.69) is 13.2 Å². The number of ketones is 1. The highest BCUT2D eigenvalue weighted by molar-refractivity contribution is 5.92. The lowest BCUT2D eigenvalue weighted by Gasteiger charge is -2.08. The van der Waals surface area contributed by atoms with Gasteiger partial charge in [0.2, 0.25) is 6.79 Å². The van der Waals surface area contributed by atoms with E-state index in [1.807, 2.05) is 54.6 Å². The summed E-state index contributed by atoms with van der Waals surface area (Å²) in [6.45, 7) is 6.50. The molecule has 0 aliphatic rings. The Bertz CT molecular complexity index is 1570. The number of benzene rings is 4. The van der Waals surface area contributed by atoms with Gasteiger partial charge in [0, 0.05) is 12.2 Å². The highest BCUT2D eigenvalue weighted by Crippen LogP contribution is 2.25. The van der Waals surface area contributed by atoms with Gasteiger partial charge in [-0.2, -0.15) is 0 Å². The number of carbonyl (C=O) groups is 3. The van der Waals surface area contributed by atoms with Gasteiger partial charge < -0.3 is 18.9 Å². The van der Waals surface area contributed by atoms with Crippen LogP contribution in [0.25, 0.3) is 28.0 Å². The molecule has 4 aromatic rings.